The minimum Gasteiger partial charge on any atom is -0.495 e. The Hall–Kier alpha value is -3.35. The molecule has 0 heterocycles. The van der Waals surface area contributed by atoms with Gasteiger partial charge < -0.3 is 15.4 Å². The summed E-state index contributed by atoms with van der Waals surface area (Å²) < 4.78 is 5.27. The molecule has 3 aromatic carbocycles. The Balaban J connectivity index is 1.67. The maximum Gasteiger partial charge on any atom is 0.238 e. The summed E-state index contributed by atoms with van der Waals surface area (Å²) in [6.07, 6.45) is 0. The molecule has 3 aromatic rings. The number of ether oxygens (including phenoxy) is 1. The Bertz CT molecular complexity index is 1040. The van der Waals surface area contributed by atoms with Gasteiger partial charge in [0.1, 0.15) is 5.75 Å². The molecule has 0 aliphatic carbocycles. The lowest BCUT2D eigenvalue weighted by Gasteiger charge is -2.27. The molecule has 1 atom stereocenters. The Morgan fingerprint density at radius 1 is 0.970 bits per heavy atom. The van der Waals surface area contributed by atoms with Crippen molar-refractivity contribution < 1.29 is 14.3 Å². The fourth-order valence-electron chi connectivity index (χ4n) is 3.44. The van der Waals surface area contributed by atoms with Crippen molar-refractivity contribution in [1.82, 2.24) is 10.2 Å². The van der Waals surface area contributed by atoms with E-state index in [9.17, 15) is 9.59 Å². The summed E-state index contributed by atoms with van der Waals surface area (Å²) in [7, 11) is 3.26. The molecule has 0 spiro atoms. The Morgan fingerprint density at radius 3 is 2.09 bits per heavy atom. The fraction of sp³-hybridized carbons (Fsp3) is 0.231. The largest absolute Gasteiger partial charge is 0.495 e. The van der Waals surface area contributed by atoms with Crippen molar-refractivity contribution in [3.8, 4) is 5.75 Å². The molecule has 0 aromatic heterocycles. The number of rotatable bonds is 9. The highest BCUT2D eigenvalue weighted by Gasteiger charge is 2.24. The van der Waals surface area contributed by atoms with Crippen molar-refractivity contribution in [3.05, 3.63) is 95.0 Å². The summed E-state index contributed by atoms with van der Waals surface area (Å²) in [5.74, 6) is 0.0542. The first kappa shape index (κ1) is 24.3. The van der Waals surface area contributed by atoms with Gasteiger partial charge in [-0.15, -0.1) is 0 Å². The molecule has 33 heavy (non-hydrogen) atoms. The van der Waals surface area contributed by atoms with Crippen LogP contribution in [0.2, 0.25) is 5.02 Å². The van der Waals surface area contributed by atoms with Crippen molar-refractivity contribution in [1.29, 1.82) is 0 Å². The van der Waals surface area contributed by atoms with E-state index in [0.29, 0.717) is 16.5 Å². The van der Waals surface area contributed by atoms with Crippen molar-refractivity contribution in [2.45, 2.75) is 19.0 Å². The van der Waals surface area contributed by atoms with Gasteiger partial charge in [0.2, 0.25) is 11.8 Å². The lowest BCUT2D eigenvalue weighted by molar-refractivity contribution is -0.127. The number of amides is 2. The van der Waals surface area contributed by atoms with E-state index in [0.717, 1.165) is 11.1 Å². The van der Waals surface area contributed by atoms with Crippen LogP contribution >= 0.6 is 11.6 Å². The minimum atomic E-state index is -0.535. The summed E-state index contributed by atoms with van der Waals surface area (Å²) in [6, 6.07) is 23.8. The van der Waals surface area contributed by atoms with Gasteiger partial charge in [-0.2, -0.15) is 0 Å². The van der Waals surface area contributed by atoms with Crippen LogP contribution in [0.1, 0.15) is 24.1 Å². The average molecular weight is 466 g/mol. The summed E-state index contributed by atoms with van der Waals surface area (Å²) in [6.45, 7) is 1.79. The van der Waals surface area contributed by atoms with Gasteiger partial charge in [-0.05, 0) is 43.3 Å². The van der Waals surface area contributed by atoms with Gasteiger partial charge >= 0.3 is 0 Å². The molecule has 2 amide bonds. The normalized spacial score (nSPS) is 11.8. The Morgan fingerprint density at radius 2 is 1.55 bits per heavy atom. The molecule has 7 heteroatoms. The van der Waals surface area contributed by atoms with Crippen molar-refractivity contribution >= 4 is 29.1 Å². The van der Waals surface area contributed by atoms with Crippen LogP contribution in [0.25, 0.3) is 0 Å². The average Bonchev–Trinajstić information content (AvgIpc) is 2.83. The second-order valence-corrected chi connectivity index (χ2v) is 8.18. The first-order valence-corrected chi connectivity index (χ1v) is 11.0. The van der Waals surface area contributed by atoms with Gasteiger partial charge in [0.05, 0.1) is 31.4 Å². The number of halogens is 1. The minimum absolute atomic E-state index is 0.0194. The van der Waals surface area contributed by atoms with Gasteiger partial charge in [0.15, 0.2) is 0 Å². The number of anilines is 1. The van der Waals surface area contributed by atoms with E-state index in [4.69, 9.17) is 16.3 Å². The topological polar surface area (TPSA) is 70.7 Å². The van der Waals surface area contributed by atoms with Crippen LogP contribution < -0.4 is 15.4 Å². The number of carbonyl (C=O) groups is 2. The quantitative estimate of drug-likeness (QED) is 0.487. The van der Waals surface area contributed by atoms with Gasteiger partial charge in [-0.3, -0.25) is 14.5 Å². The lowest BCUT2D eigenvalue weighted by Crippen LogP contribution is -2.47. The van der Waals surface area contributed by atoms with Crippen LogP contribution in [-0.2, 0) is 9.59 Å². The van der Waals surface area contributed by atoms with E-state index in [1.54, 1.807) is 37.1 Å². The summed E-state index contributed by atoms with van der Waals surface area (Å²) >= 11 is 6.03. The third-order valence-corrected chi connectivity index (χ3v) is 5.66. The first-order valence-electron chi connectivity index (χ1n) is 10.6. The van der Waals surface area contributed by atoms with Crippen molar-refractivity contribution in [3.63, 3.8) is 0 Å². The maximum absolute atomic E-state index is 13.1. The molecule has 0 saturated heterocycles. The van der Waals surface area contributed by atoms with Gasteiger partial charge in [0.25, 0.3) is 0 Å². The predicted octanol–water partition coefficient (Wildman–Crippen LogP) is 4.51. The number of nitrogens with zero attached hydrogens (tertiary/aromatic N) is 1. The van der Waals surface area contributed by atoms with Crippen LogP contribution in [0.5, 0.6) is 5.75 Å². The first-order chi connectivity index (χ1) is 15.9. The molecule has 3 rings (SSSR count). The molecule has 1 unspecified atom stereocenters. The van der Waals surface area contributed by atoms with Gasteiger partial charge in [-0.25, -0.2) is 0 Å². The number of benzene rings is 3. The molecule has 0 bridgehead atoms. The number of likely N-dealkylation sites (N-methyl/N-ethyl adjacent to an activating group) is 1. The number of nitrogens with one attached hydrogen (secondary N) is 2. The van der Waals surface area contributed by atoms with E-state index in [1.807, 2.05) is 60.7 Å². The van der Waals surface area contributed by atoms with E-state index < -0.39 is 6.04 Å². The van der Waals surface area contributed by atoms with Crippen LogP contribution in [-0.4, -0.2) is 43.5 Å². The van der Waals surface area contributed by atoms with E-state index in [2.05, 4.69) is 10.6 Å². The number of hydrogen-bond donors (Lipinski definition) is 2. The second-order valence-electron chi connectivity index (χ2n) is 7.75. The molecular formula is C26H28ClN3O3. The monoisotopic (exact) mass is 465 g/mol. The zero-order valence-electron chi connectivity index (χ0n) is 18.9. The van der Waals surface area contributed by atoms with E-state index in [1.165, 1.54) is 7.11 Å². The second kappa shape index (κ2) is 11.5. The third kappa shape index (κ3) is 6.57. The highest BCUT2D eigenvalue weighted by atomic mass is 35.5. The SMILES string of the molecule is COc1ccc(Cl)cc1NC(=O)CN(C)C(C)C(=O)NC(c1ccccc1)c1ccccc1. The van der Waals surface area contributed by atoms with Crippen LogP contribution in [0, 0.1) is 0 Å². The van der Waals surface area contributed by atoms with Gasteiger partial charge in [0, 0.05) is 5.02 Å². The summed E-state index contributed by atoms with van der Waals surface area (Å²) in [4.78, 5) is 27.4. The van der Waals surface area contributed by atoms with Gasteiger partial charge in [-0.1, -0.05) is 72.3 Å². The highest BCUT2D eigenvalue weighted by Crippen LogP contribution is 2.27. The van der Waals surface area contributed by atoms with Crippen LogP contribution in [0.3, 0.4) is 0 Å². The molecule has 0 saturated carbocycles. The number of hydrogen-bond acceptors (Lipinski definition) is 4. The number of methoxy groups -OCH3 is 1. The molecule has 0 aliphatic heterocycles. The predicted molar refractivity (Wildman–Crippen MR) is 132 cm³/mol. The van der Waals surface area contributed by atoms with Crippen molar-refractivity contribution in [2.75, 3.05) is 26.0 Å². The maximum atomic E-state index is 13.1. The number of carbonyl (C=O) groups excluding carboxylic acids is 2. The lowest BCUT2D eigenvalue weighted by atomic mass is 9.98. The zero-order valence-corrected chi connectivity index (χ0v) is 19.7. The van der Waals surface area contributed by atoms with Crippen LogP contribution in [0.4, 0.5) is 5.69 Å². The zero-order chi connectivity index (χ0) is 23.8. The van der Waals surface area contributed by atoms with Crippen LogP contribution in [0.15, 0.2) is 78.9 Å². The summed E-state index contributed by atoms with van der Waals surface area (Å²) in [5, 5.41) is 6.41. The smallest absolute Gasteiger partial charge is 0.238 e. The molecule has 172 valence electrons. The standard InChI is InChI=1S/C26H28ClN3O3/c1-18(30(2)17-24(31)28-22-16-21(27)14-15-23(22)33-3)26(32)29-25(19-10-6-4-7-11-19)20-12-8-5-9-13-20/h4-16,18,25H,17H2,1-3H3,(H,28,31)(H,29,32). The van der Waals surface area contributed by atoms with E-state index in [-0.39, 0.29) is 24.4 Å². The summed E-state index contributed by atoms with van der Waals surface area (Å²) in [5.41, 5.74) is 2.45. The third-order valence-electron chi connectivity index (χ3n) is 5.42. The molecular weight excluding hydrogens is 438 g/mol. The molecule has 6 nitrogen and oxygen atoms in total. The fourth-order valence-corrected chi connectivity index (χ4v) is 3.62. The highest BCUT2D eigenvalue weighted by molar-refractivity contribution is 6.31. The molecule has 0 radical (unpaired) electrons. The van der Waals surface area contributed by atoms with E-state index >= 15 is 0 Å². The molecule has 0 aliphatic rings. The van der Waals surface area contributed by atoms with Crippen molar-refractivity contribution in [2.24, 2.45) is 0 Å². The Kier molecular flexibility index (Phi) is 8.46. The molecule has 2 N–H and O–H groups in total. The Labute approximate surface area is 199 Å². The molecule has 0 fully saturated rings.